The van der Waals surface area contributed by atoms with E-state index in [0.717, 1.165) is 5.92 Å². The predicted molar refractivity (Wildman–Crippen MR) is 65.2 cm³/mol. The summed E-state index contributed by atoms with van der Waals surface area (Å²) in [5.41, 5.74) is -0.429. The Hall–Kier alpha value is -0.570. The molecule has 3 nitrogen and oxygen atoms in total. The van der Waals surface area contributed by atoms with Crippen LogP contribution >= 0.6 is 0 Å². The van der Waals surface area contributed by atoms with Crippen LogP contribution in [0.25, 0.3) is 0 Å². The molecule has 1 atom stereocenters. The van der Waals surface area contributed by atoms with Crippen molar-refractivity contribution < 1.29 is 9.53 Å². The number of esters is 1. The summed E-state index contributed by atoms with van der Waals surface area (Å²) in [6, 6.07) is 0.506. The summed E-state index contributed by atoms with van der Waals surface area (Å²) in [6.45, 7) is 6.76. The molecule has 0 radical (unpaired) electrons. The van der Waals surface area contributed by atoms with Crippen molar-refractivity contribution >= 4 is 5.97 Å². The van der Waals surface area contributed by atoms with Crippen molar-refractivity contribution in [2.75, 3.05) is 13.7 Å². The second-order valence-electron chi connectivity index (χ2n) is 5.59. The molecule has 1 rings (SSSR count). The number of carbonyl (C=O) groups is 1. The largest absolute Gasteiger partial charge is 0.469 e. The SMILES string of the molecule is COC(=O)C(C)(C)CNC(C)C1CCCC1. The van der Waals surface area contributed by atoms with Gasteiger partial charge in [0.05, 0.1) is 12.5 Å². The average Bonchev–Trinajstić information content (AvgIpc) is 2.78. The average molecular weight is 227 g/mol. The number of ether oxygens (including phenoxy) is 1. The molecule has 1 saturated carbocycles. The first kappa shape index (κ1) is 13.5. The summed E-state index contributed by atoms with van der Waals surface area (Å²) in [5.74, 6) is 0.645. The first-order valence-corrected chi connectivity index (χ1v) is 6.29. The van der Waals surface area contributed by atoms with Crippen LogP contribution in [0.1, 0.15) is 46.5 Å². The second-order valence-corrected chi connectivity index (χ2v) is 5.59. The molecule has 1 aliphatic carbocycles. The molecule has 16 heavy (non-hydrogen) atoms. The lowest BCUT2D eigenvalue weighted by atomic mass is 9.92. The van der Waals surface area contributed by atoms with E-state index in [1.54, 1.807) is 0 Å². The van der Waals surface area contributed by atoms with Crippen LogP contribution in [0.3, 0.4) is 0 Å². The van der Waals surface area contributed by atoms with Gasteiger partial charge in [-0.1, -0.05) is 12.8 Å². The number of hydrogen-bond acceptors (Lipinski definition) is 3. The van der Waals surface area contributed by atoms with Crippen LogP contribution in [0.4, 0.5) is 0 Å². The Morgan fingerprint density at radius 3 is 2.50 bits per heavy atom. The Labute approximate surface area is 98.9 Å². The lowest BCUT2D eigenvalue weighted by molar-refractivity contribution is -0.150. The Morgan fingerprint density at radius 2 is 2.00 bits per heavy atom. The van der Waals surface area contributed by atoms with Gasteiger partial charge < -0.3 is 10.1 Å². The second kappa shape index (κ2) is 5.67. The summed E-state index contributed by atoms with van der Waals surface area (Å²) in [4.78, 5) is 11.5. The summed E-state index contributed by atoms with van der Waals surface area (Å²) in [5, 5.41) is 3.48. The third-order valence-corrected chi connectivity index (χ3v) is 3.71. The van der Waals surface area contributed by atoms with E-state index in [1.165, 1.54) is 32.8 Å². The van der Waals surface area contributed by atoms with Crippen LogP contribution in [0, 0.1) is 11.3 Å². The van der Waals surface area contributed by atoms with E-state index < -0.39 is 5.41 Å². The van der Waals surface area contributed by atoms with Crippen LogP contribution in [-0.2, 0) is 9.53 Å². The number of rotatable bonds is 5. The minimum absolute atomic E-state index is 0.140. The van der Waals surface area contributed by atoms with E-state index >= 15 is 0 Å². The van der Waals surface area contributed by atoms with Gasteiger partial charge in [0.1, 0.15) is 0 Å². The summed E-state index contributed by atoms with van der Waals surface area (Å²) >= 11 is 0. The van der Waals surface area contributed by atoms with Crippen molar-refractivity contribution in [3.63, 3.8) is 0 Å². The Bertz CT molecular complexity index is 232. The molecule has 0 bridgehead atoms. The van der Waals surface area contributed by atoms with E-state index in [2.05, 4.69) is 12.2 Å². The maximum atomic E-state index is 11.5. The molecule has 0 aliphatic heterocycles. The van der Waals surface area contributed by atoms with Crippen molar-refractivity contribution in [3.05, 3.63) is 0 Å². The molecule has 0 aromatic heterocycles. The van der Waals surface area contributed by atoms with Crippen LogP contribution < -0.4 is 5.32 Å². The van der Waals surface area contributed by atoms with E-state index in [9.17, 15) is 4.79 Å². The topological polar surface area (TPSA) is 38.3 Å². The smallest absolute Gasteiger partial charge is 0.312 e. The number of carbonyl (C=O) groups excluding carboxylic acids is 1. The van der Waals surface area contributed by atoms with E-state index in [4.69, 9.17) is 4.74 Å². The maximum absolute atomic E-state index is 11.5. The van der Waals surface area contributed by atoms with Crippen molar-refractivity contribution in [2.24, 2.45) is 11.3 Å². The molecule has 3 heteroatoms. The molecule has 1 aliphatic rings. The standard InChI is InChI=1S/C13H25NO2/c1-10(11-7-5-6-8-11)14-9-13(2,3)12(15)16-4/h10-11,14H,5-9H2,1-4H3. The quantitative estimate of drug-likeness (QED) is 0.733. The Balaban J connectivity index is 2.35. The minimum atomic E-state index is -0.429. The lowest BCUT2D eigenvalue weighted by Crippen LogP contribution is -2.42. The zero-order chi connectivity index (χ0) is 12.2. The highest BCUT2D eigenvalue weighted by atomic mass is 16.5. The molecule has 94 valence electrons. The molecule has 0 saturated heterocycles. The molecule has 0 aromatic carbocycles. The Morgan fingerprint density at radius 1 is 1.44 bits per heavy atom. The normalized spacial score (nSPS) is 19.8. The summed E-state index contributed by atoms with van der Waals surface area (Å²) in [7, 11) is 1.45. The van der Waals surface area contributed by atoms with Crippen molar-refractivity contribution in [1.29, 1.82) is 0 Å². The third-order valence-electron chi connectivity index (χ3n) is 3.71. The van der Waals surface area contributed by atoms with Crippen molar-refractivity contribution in [3.8, 4) is 0 Å². The highest BCUT2D eigenvalue weighted by Gasteiger charge is 2.30. The maximum Gasteiger partial charge on any atom is 0.312 e. The van der Waals surface area contributed by atoms with Crippen molar-refractivity contribution in [2.45, 2.75) is 52.5 Å². The van der Waals surface area contributed by atoms with Crippen molar-refractivity contribution in [1.82, 2.24) is 5.32 Å². The van der Waals surface area contributed by atoms with E-state index in [1.807, 2.05) is 13.8 Å². The highest BCUT2D eigenvalue weighted by molar-refractivity contribution is 5.76. The number of methoxy groups -OCH3 is 1. The zero-order valence-electron chi connectivity index (χ0n) is 11.0. The van der Waals surface area contributed by atoms with Gasteiger partial charge in [0.15, 0.2) is 0 Å². The van der Waals surface area contributed by atoms with Gasteiger partial charge in [-0.15, -0.1) is 0 Å². The fourth-order valence-corrected chi connectivity index (χ4v) is 2.39. The van der Waals surface area contributed by atoms with Gasteiger partial charge in [0, 0.05) is 12.6 Å². The monoisotopic (exact) mass is 227 g/mol. The van der Waals surface area contributed by atoms with Gasteiger partial charge in [-0.3, -0.25) is 4.79 Å². The van der Waals surface area contributed by atoms with Gasteiger partial charge >= 0.3 is 5.97 Å². The molecular weight excluding hydrogens is 202 g/mol. The molecule has 0 spiro atoms. The number of nitrogens with one attached hydrogen (secondary N) is 1. The zero-order valence-corrected chi connectivity index (χ0v) is 11.0. The van der Waals surface area contributed by atoms with Crippen LogP contribution in [0.5, 0.6) is 0 Å². The Kier molecular flexibility index (Phi) is 4.78. The van der Waals surface area contributed by atoms with Gasteiger partial charge in [0.25, 0.3) is 0 Å². The molecular formula is C13H25NO2. The van der Waals surface area contributed by atoms with Gasteiger partial charge in [0.2, 0.25) is 0 Å². The number of hydrogen-bond donors (Lipinski definition) is 1. The molecule has 1 fully saturated rings. The third kappa shape index (κ3) is 3.48. The lowest BCUT2D eigenvalue weighted by Gasteiger charge is -2.27. The molecule has 0 heterocycles. The molecule has 1 unspecified atom stereocenters. The van der Waals surface area contributed by atoms with Gasteiger partial charge in [-0.25, -0.2) is 0 Å². The predicted octanol–water partition coefficient (Wildman–Crippen LogP) is 2.35. The fourth-order valence-electron chi connectivity index (χ4n) is 2.39. The van der Waals surface area contributed by atoms with E-state index in [0.29, 0.717) is 12.6 Å². The first-order chi connectivity index (χ1) is 7.47. The highest BCUT2D eigenvalue weighted by Crippen LogP contribution is 2.28. The van der Waals surface area contributed by atoms with Gasteiger partial charge in [-0.05, 0) is 39.5 Å². The van der Waals surface area contributed by atoms with E-state index in [-0.39, 0.29) is 5.97 Å². The van der Waals surface area contributed by atoms with Crippen LogP contribution in [0.15, 0.2) is 0 Å². The molecule has 0 amide bonds. The molecule has 0 aromatic rings. The fraction of sp³-hybridized carbons (Fsp3) is 0.923. The van der Waals surface area contributed by atoms with Crippen LogP contribution in [0.2, 0.25) is 0 Å². The first-order valence-electron chi connectivity index (χ1n) is 6.29. The van der Waals surface area contributed by atoms with Gasteiger partial charge in [-0.2, -0.15) is 0 Å². The minimum Gasteiger partial charge on any atom is -0.469 e. The summed E-state index contributed by atoms with van der Waals surface area (Å²) < 4.78 is 4.79. The molecule has 1 N–H and O–H groups in total. The summed E-state index contributed by atoms with van der Waals surface area (Å²) in [6.07, 6.45) is 5.37. The van der Waals surface area contributed by atoms with Crippen LogP contribution in [-0.4, -0.2) is 25.7 Å².